The van der Waals surface area contributed by atoms with E-state index in [4.69, 9.17) is 11.5 Å². The summed E-state index contributed by atoms with van der Waals surface area (Å²) in [4.78, 5) is 0. The zero-order valence-corrected chi connectivity index (χ0v) is 22.7. The zero-order chi connectivity index (χ0) is 23.8. The normalized spacial score (nSPS) is 11.1. The van der Waals surface area contributed by atoms with Crippen molar-refractivity contribution in [3.8, 4) is 0 Å². The van der Waals surface area contributed by atoms with E-state index < -0.39 is 0 Å². The van der Waals surface area contributed by atoms with Crippen LogP contribution in [0.15, 0.2) is 12.2 Å². The molecule has 2 heteroatoms. The lowest BCUT2D eigenvalue weighted by Gasteiger charge is -2.00. The topological polar surface area (TPSA) is 52.0 Å². The molecule has 0 atom stereocenters. The van der Waals surface area contributed by atoms with Crippen molar-refractivity contribution in [1.82, 2.24) is 0 Å². The molecule has 0 bridgehead atoms. The smallest absolute Gasteiger partial charge is 0.00773 e. The third-order valence-electron chi connectivity index (χ3n) is 6.27. The second kappa shape index (κ2) is 35.3. The average molecular weight is 453 g/mol. The molecule has 0 saturated carbocycles. The van der Waals surface area contributed by atoms with Crippen LogP contribution in [0.1, 0.15) is 168 Å². The summed E-state index contributed by atoms with van der Waals surface area (Å²) in [5.41, 5.74) is 10.9. The van der Waals surface area contributed by atoms with E-state index in [1.807, 2.05) is 0 Å². The molecule has 0 unspecified atom stereocenters. The van der Waals surface area contributed by atoms with Crippen LogP contribution in [-0.4, -0.2) is 13.1 Å². The summed E-state index contributed by atoms with van der Waals surface area (Å²) in [5.74, 6) is 0. The number of hydrogen-bond acceptors (Lipinski definition) is 2. The molecule has 0 saturated heterocycles. The Morgan fingerprint density at radius 1 is 0.344 bits per heavy atom. The first-order valence-corrected chi connectivity index (χ1v) is 14.9. The monoisotopic (exact) mass is 453 g/mol. The summed E-state index contributed by atoms with van der Waals surface area (Å²) >= 11 is 0. The first kappa shape index (κ1) is 33.8. The van der Waals surface area contributed by atoms with Crippen LogP contribution in [0.25, 0.3) is 0 Å². The lowest BCUT2D eigenvalue weighted by Crippen LogP contribution is -1.97. The zero-order valence-electron chi connectivity index (χ0n) is 22.7. The highest BCUT2D eigenvalue weighted by Gasteiger charge is 1.92. The molecule has 0 aromatic rings. The van der Waals surface area contributed by atoms with E-state index in [1.165, 1.54) is 154 Å². The van der Waals surface area contributed by atoms with Crippen LogP contribution in [-0.2, 0) is 0 Å². The van der Waals surface area contributed by atoms with Gasteiger partial charge in [-0.25, -0.2) is 0 Å². The van der Waals surface area contributed by atoms with Crippen LogP contribution < -0.4 is 11.5 Å². The molecule has 32 heavy (non-hydrogen) atoms. The third-order valence-corrected chi connectivity index (χ3v) is 6.27. The minimum Gasteiger partial charge on any atom is -0.330 e. The minimum atomic E-state index is 0.862. The van der Waals surface area contributed by atoms with E-state index >= 15 is 0 Å². The summed E-state index contributed by atoms with van der Waals surface area (Å²) in [6.07, 6.45) is 37.8. The summed E-state index contributed by atoms with van der Waals surface area (Å²) in [6, 6.07) is 0. The van der Waals surface area contributed by atoms with Crippen molar-refractivity contribution in [3.05, 3.63) is 12.2 Å². The maximum absolute atomic E-state index is 5.47. The Morgan fingerprint density at radius 2 is 0.594 bits per heavy atom. The van der Waals surface area contributed by atoms with Crippen LogP contribution in [0.3, 0.4) is 0 Å². The molecule has 0 rings (SSSR count). The van der Waals surface area contributed by atoms with E-state index in [1.54, 1.807) is 0 Å². The molecule has 0 spiro atoms. The summed E-state index contributed by atoms with van der Waals surface area (Å²) in [7, 11) is 0. The first-order chi connectivity index (χ1) is 15.8. The second-order valence-electron chi connectivity index (χ2n) is 9.70. The molecular formula is C30H64N2. The maximum atomic E-state index is 5.47. The third kappa shape index (κ3) is 37.0. The standard InChI is InChI=1S/C18H37N.C12H27N/c1-2-3-4-5-6-7-8-9-10-11-12-13-14-15-16-17-18-19;1-2-3-4-5-6-7-8-9-10-11-12-13/h9-10H,2-8,11-19H2,1H3;2-13H2,1H3/b10-9-;. The van der Waals surface area contributed by atoms with E-state index in [0.29, 0.717) is 0 Å². The predicted molar refractivity (Wildman–Crippen MR) is 149 cm³/mol. The number of hydrogen-bond donors (Lipinski definition) is 2. The van der Waals surface area contributed by atoms with Gasteiger partial charge >= 0.3 is 0 Å². The SMILES string of the molecule is CCCCCCCC/C=C\CCCCCCCCN.CCCCCCCCCCCCN. The maximum Gasteiger partial charge on any atom is -0.00773 e. The minimum absolute atomic E-state index is 0.862. The van der Waals surface area contributed by atoms with E-state index in [2.05, 4.69) is 26.0 Å². The van der Waals surface area contributed by atoms with Gasteiger partial charge in [-0.2, -0.15) is 0 Å². The molecule has 0 fully saturated rings. The molecule has 2 nitrogen and oxygen atoms in total. The molecule has 0 aliphatic carbocycles. The quantitative estimate of drug-likeness (QED) is 0.107. The lowest BCUT2D eigenvalue weighted by atomic mass is 10.1. The summed E-state index contributed by atoms with van der Waals surface area (Å²) in [5, 5.41) is 0. The van der Waals surface area contributed by atoms with Gasteiger partial charge < -0.3 is 11.5 Å². The van der Waals surface area contributed by atoms with Gasteiger partial charge in [-0.1, -0.05) is 142 Å². The highest BCUT2D eigenvalue weighted by atomic mass is 14.5. The van der Waals surface area contributed by atoms with E-state index in [-0.39, 0.29) is 0 Å². The van der Waals surface area contributed by atoms with E-state index in [9.17, 15) is 0 Å². The number of nitrogens with two attached hydrogens (primary N) is 2. The molecule has 4 N–H and O–H groups in total. The fourth-order valence-electron chi connectivity index (χ4n) is 4.02. The molecular weight excluding hydrogens is 388 g/mol. The Kier molecular flexibility index (Phi) is 37.3. The van der Waals surface area contributed by atoms with Crippen molar-refractivity contribution in [1.29, 1.82) is 0 Å². The van der Waals surface area contributed by atoms with Gasteiger partial charge in [0.15, 0.2) is 0 Å². The van der Waals surface area contributed by atoms with Crippen molar-refractivity contribution in [2.24, 2.45) is 11.5 Å². The second-order valence-corrected chi connectivity index (χ2v) is 9.70. The van der Waals surface area contributed by atoms with Crippen molar-refractivity contribution < 1.29 is 0 Å². The Labute approximate surface area is 204 Å². The molecule has 194 valence electrons. The Morgan fingerprint density at radius 3 is 0.875 bits per heavy atom. The highest BCUT2D eigenvalue weighted by Crippen LogP contribution is 2.11. The van der Waals surface area contributed by atoms with Crippen molar-refractivity contribution in [3.63, 3.8) is 0 Å². The van der Waals surface area contributed by atoms with Crippen LogP contribution in [0.2, 0.25) is 0 Å². The molecule has 0 heterocycles. The Balaban J connectivity index is 0. The van der Waals surface area contributed by atoms with Crippen LogP contribution in [0, 0.1) is 0 Å². The number of unbranched alkanes of at least 4 members (excludes halogenated alkanes) is 21. The predicted octanol–water partition coefficient (Wildman–Crippen LogP) is 9.85. The van der Waals surface area contributed by atoms with Gasteiger partial charge in [0.05, 0.1) is 0 Å². The number of rotatable bonds is 25. The van der Waals surface area contributed by atoms with Gasteiger partial charge in [-0.15, -0.1) is 0 Å². The lowest BCUT2D eigenvalue weighted by molar-refractivity contribution is 0.558. The van der Waals surface area contributed by atoms with Gasteiger partial charge in [0, 0.05) is 0 Å². The van der Waals surface area contributed by atoms with Gasteiger partial charge in [0.25, 0.3) is 0 Å². The molecule has 0 aromatic carbocycles. The van der Waals surface area contributed by atoms with Crippen molar-refractivity contribution >= 4 is 0 Å². The van der Waals surface area contributed by atoms with E-state index in [0.717, 1.165) is 13.1 Å². The van der Waals surface area contributed by atoms with Crippen LogP contribution in [0.5, 0.6) is 0 Å². The fourth-order valence-corrected chi connectivity index (χ4v) is 4.02. The first-order valence-electron chi connectivity index (χ1n) is 14.9. The number of allylic oxidation sites excluding steroid dienone is 2. The highest BCUT2D eigenvalue weighted by molar-refractivity contribution is 4.81. The average Bonchev–Trinajstić information content (AvgIpc) is 2.81. The summed E-state index contributed by atoms with van der Waals surface area (Å²) in [6.45, 7) is 6.28. The molecule has 0 aliphatic rings. The van der Waals surface area contributed by atoms with Gasteiger partial charge in [-0.3, -0.25) is 0 Å². The largest absolute Gasteiger partial charge is 0.330 e. The summed E-state index contributed by atoms with van der Waals surface area (Å²) < 4.78 is 0. The van der Waals surface area contributed by atoms with Crippen molar-refractivity contribution in [2.45, 2.75) is 168 Å². The molecule has 0 radical (unpaired) electrons. The molecule has 0 amide bonds. The fraction of sp³-hybridized carbons (Fsp3) is 0.933. The Bertz CT molecular complexity index is 304. The van der Waals surface area contributed by atoms with Crippen LogP contribution >= 0.6 is 0 Å². The van der Waals surface area contributed by atoms with Gasteiger partial charge in [-0.05, 0) is 51.6 Å². The molecule has 0 aliphatic heterocycles. The van der Waals surface area contributed by atoms with Gasteiger partial charge in [0.2, 0.25) is 0 Å². The Hall–Kier alpha value is -0.340. The van der Waals surface area contributed by atoms with Gasteiger partial charge in [0.1, 0.15) is 0 Å². The van der Waals surface area contributed by atoms with Crippen molar-refractivity contribution in [2.75, 3.05) is 13.1 Å². The molecule has 0 aromatic heterocycles. The van der Waals surface area contributed by atoms with Crippen LogP contribution in [0.4, 0.5) is 0 Å².